The summed E-state index contributed by atoms with van der Waals surface area (Å²) in [7, 11) is 0. The molecule has 20 heavy (non-hydrogen) atoms. The lowest BCUT2D eigenvalue weighted by Gasteiger charge is -2.30. The third-order valence-corrected chi connectivity index (χ3v) is 4.22. The van der Waals surface area contributed by atoms with Crippen LogP contribution in [-0.2, 0) is 0 Å². The molecule has 0 spiro atoms. The van der Waals surface area contributed by atoms with Crippen LogP contribution in [0.2, 0.25) is 0 Å². The van der Waals surface area contributed by atoms with Crippen LogP contribution in [0, 0.1) is 12.8 Å². The third kappa shape index (κ3) is 4.82. The SMILES string of the molecule is Cc1ccc(NCCN(CC(C)C)C2CCCC2)cc1. The summed E-state index contributed by atoms with van der Waals surface area (Å²) in [5.41, 5.74) is 2.56. The minimum atomic E-state index is 0.759. The number of rotatable bonds is 7. The summed E-state index contributed by atoms with van der Waals surface area (Å²) in [5, 5.41) is 3.56. The number of anilines is 1. The summed E-state index contributed by atoms with van der Waals surface area (Å²) in [4.78, 5) is 2.71. The van der Waals surface area contributed by atoms with E-state index in [-0.39, 0.29) is 0 Å². The van der Waals surface area contributed by atoms with Crippen LogP contribution in [-0.4, -0.2) is 30.6 Å². The van der Waals surface area contributed by atoms with E-state index < -0.39 is 0 Å². The Morgan fingerprint density at radius 2 is 1.80 bits per heavy atom. The molecule has 0 aliphatic heterocycles. The number of nitrogens with zero attached hydrogens (tertiary/aromatic N) is 1. The summed E-state index contributed by atoms with van der Waals surface area (Å²) < 4.78 is 0. The molecule has 2 heteroatoms. The lowest BCUT2D eigenvalue weighted by molar-refractivity contribution is 0.184. The lowest BCUT2D eigenvalue weighted by atomic mass is 10.1. The monoisotopic (exact) mass is 274 g/mol. The molecule has 112 valence electrons. The molecule has 0 bridgehead atoms. The van der Waals surface area contributed by atoms with Crippen molar-refractivity contribution in [3.63, 3.8) is 0 Å². The van der Waals surface area contributed by atoms with E-state index in [4.69, 9.17) is 0 Å². The summed E-state index contributed by atoms with van der Waals surface area (Å²) in [5.74, 6) is 0.759. The van der Waals surface area contributed by atoms with Gasteiger partial charge in [-0.25, -0.2) is 0 Å². The fourth-order valence-electron chi connectivity index (χ4n) is 3.18. The highest BCUT2D eigenvalue weighted by atomic mass is 15.2. The van der Waals surface area contributed by atoms with Crippen LogP contribution in [0.15, 0.2) is 24.3 Å². The predicted molar refractivity (Wildman–Crippen MR) is 88.3 cm³/mol. The van der Waals surface area contributed by atoms with Crippen LogP contribution in [0.3, 0.4) is 0 Å². The second-order valence-corrected chi connectivity index (χ2v) is 6.62. The fourth-order valence-corrected chi connectivity index (χ4v) is 3.18. The first-order valence-electron chi connectivity index (χ1n) is 8.20. The minimum Gasteiger partial charge on any atom is -0.384 e. The first-order valence-corrected chi connectivity index (χ1v) is 8.20. The van der Waals surface area contributed by atoms with E-state index in [2.05, 4.69) is 55.3 Å². The van der Waals surface area contributed by atoms with Gasteiger partial charge in [0.25, 0.3) is 0 Å². The number of hydrogen-bond donors (Lipinski definition) is 1. The van der Waals surface area contributed by atoms with Gasteiger partial charge in [-0.15, -0.1) is 0 Å². The molecule has 0 radical (unpaired) electrons. The molecule has 1 aliphatic rings. The molecule has 2 rings (SSSR count). The maximum absolute atomic E-state index is 3.56. The van der Waals surface area contributed by atoms with Crippen molar-refractivity contribution in [2.75, 3.05) is 25.0 Å². The maximum atomic E-state index is 3.56. The molecule has 0 aromatic heterocycles. The molecular weight excluding hydrogens is 244 g/mol. The van der Waals surface area contributed by atoms with Crippen molar-refractivity contribution >= 4 is 5.69 Å². The van der Waals surface area contributed by atoms with E-state index in [1.807, 2.05) is 0 Å². The van der Waals surface area contributed by atoms with E-state index in [0.717, 1.165) is 25.0 Å². The molecule has 1 aromatic rings. The molecule has 0 amide bonds. The van der Waals surface area contributed by atoms with E-state index in [1.165, 1.54) is 43.5 Å². The summed E-state index contributed by atoms with van der Waals surface area (Å²) in [6.07, 6.45) is 5.64. The molecule has 0 unspecified atom stereocenters. The molecule has 2 nitrogen and oxygen atoms in total. The zero-order chi connectivity index (χ0) is 14.4. The van der Waals surface area contributed by atoms with Gasteiger partial charge < -0.3 is 5.32 Å². The van der Waals surface area contributed by atoms with Gasteiger partial charge in [-0.1, -0.05) is 44.4 Å². The predicted octanol–water partition coefficient (Wildman–Crippen LogP) is 4.31. The third-order valence-electron chi connectivity index (χ3n) is 4.22. The zero-order valence-electron chi connectivity index (χ0n) is 13.4. The summed E-state index contributed by atoms with van der Waals surface area (Å²) in [6, 6.07) is 9.53. The minimum absolute atomic E-state index is 0.759. The number of nitrogens with one attached hydrogen (secondary N) is 1. The van der Waals surface area contributed by atoms with E-state index >= 15 is 0 Å². The van der Waals surface area contributed by atoms with Crippen molar-refractivity contribution in [2.24, 2.45) is 5.92 Å². The highest BCUT2D eigenvalue weighted by Crippen LogP contribution is 2.24. The molecule has 1 aromatic carbocycles. The van der Waals surface area contributed by atoms with Crippen LogP contribution in [0.25, 0.3) is 0 Å². The normalized spacial score (nSPS) is 16.2. The Morgan fingerprint density at radius 3 is 2.40 bits per heavy atom. The molecule has 0 atom stereocenters. The van der Waals surface area contributed by atoms with Gasteiger partial charge >= 0.3 is 0 Å². The van der Waals surface area contributed by atoms with Crippen molar-refractivity contribution in [3.05, 3.63) is 29.8 Å². The Hall–Kier alpha value is -1.02. The van der Waals surface area contributed by atoms with Gasteiger partial charge in [0.15, 0.2) is 0 Å². The summed E-state index contributed by atoms with van der Waals surface area (Å²) in [6.45, 7) is 10.2. The zero-order valence-corrected chi connectivity index (χ0v) is 13.4. The summed E-state index contributed by atoms with van der Waals surface area (Å²) >= 11 is 0. The van der Waals surface area contributed by atoms with Crippen molar-refractivity contribution in [3.8, 4) is 0 Å². The van der Waals surface area contributed by atoms with E-state index in [9.17, 15) is 0 Å². The number of benzene rings is 1. The van der Waals surface area contributed by atoms with Gasteiger partial charge in [0.05, 0.1) is 0 Å². The van der Waals surface area contributed by atoms with Crippen molar-refractivity contribution in [2.45, 2.75) is 52.5 Å². The lowest BCUT2D eigenvalue weighted by Crippen LogP contribution is -2.39. The molecular formula is C18H30N2. The van der Waals surface area contributed by atoms with Gasteiger partial charge in [0, 0.05) is 31.4 Å². The standard InChI is InChI=1S/C18H30N2/c1-15(2)14-20(18-6-4-5-7-18)13-12-19-17-10-8-16(3)9-11-17/h8-11,15,18-19H,4-7,12-14H2,1-3H3. The fraction of sp³-hybridized carbons (Fsp3) is 0.667. The van der Waals surface area contributed by atoms with Crippen LogP contribution in [0.1, 0.15) is 45.1 Å². The number of aryl methyl sites for hydroxylation is 1. The van der Waals surface area contributed by atoms with Crippen molar-refractivity contribution in [1.29, 1.82) is 0 Å². The van der Waals surface area contributed by atoms with Gasteiger partial charge in [-0.2, -0.15) is 0 Å². The second-order valence-electron chi connectivity index (χ2n) is 6.62. The van der Waals surface area contributed by atoms with Crippen LogP contribution in [0.5, 0.6) is 0 Å². The Morgan fingerprint density at radius 1 is 1.15 bits per heavy atom. The van der Waals surface area contributed by atoms with Crippen molar-refractivity contribution in [1.82, 2.24) is 4.90 Å². The second kappa shape index (κ2) is 7.68. The Balaban J connectivity index is 1.80. The van der Waals surface area contributed by atoms with E-state index in [0.29, 0.717) is 0 Å². The molecule has 0 heterocycles. The number of hydrogen-bond acceptors (Lipinski definition) is 2. The first kappa shape index (κ1) is 15.4. The van der Waals surface area contributed by atoms with Gasteiger partial charge in [0.2, 0.25) is 0 Å². The quantitative estimate of drug-likeness (QED) is 0.797. The molecule has 1 N–H and O–H groups in total. The maximum Gasteiger partial charge on any atom is 0.0340 e. The highest BCUT2D eigenvalue weighted by Gasteiger charge is 2.22. The largest absolute Gasteiger partial charge is 0.384 e. The Kier molecular flexibility index (Phi) is 5.90. The van der Waals surface area contributed by atoms with Crippen LogP contribution in [0.4, 0.5) is 5.69 Å². The smallest absolute Gasteiger partial charge is 0.0340 e. The molecule has 1 saturated carbocycles. The Bertz CT molecular complexity index is 377. The average Bonchev–Trinajstić information content (AvgIpc) is 2.93. The molecule has 1 aliphatic carbocycles. The average molecular weight is 274 g/mol. The molecule has 1 fully saturated rings. The topological polar surface area (TPSA) is 15.3 Å². The van der Waals surface area contributed by atoms with Crippen LogP contribution < -0.4 is 5.32 Å². The van der Waals surface area contributed by atoms with Gasteiger partial charge in [-0.3, -0.25) is 4.90 Å². The van der Waals surface area contributed by atoms with Crippen molar-refractivity contribution < 1.29 is 0 Å². The van der Waals surface area contributed by atoms with Gasteiger partial charge in [0.1, 0.15) is 0 Å². The molecule has 0 saturated heterocycles. The van der Waals surface area contributed by atoms with Gasteiger partial charge in [-0.05, 0) is 37.8 Å². The Labute approximate surface area is 124 Å². The first-order chi connectivity index (χ1) is 9.65. The van der Waals surface area contributed by atoms with E-state index in [1.54, 1.807) is 0 Å². The highest BCUT2D eigenvalue weighted by molar-refractivity contribution is 5.44. The van der Waals surface area contributed by atoms with Crippen LogP contribution >= 0.6 is 0 Å².